The van der Waals surface area contributed by atoms with E-state index in [9.17, 15) is 4.79 Å². The van der Waals surface area contributed by atoms with Crippen molar-refractivity contribution in [1.29, 1.82) is 0 Å². The van der Waals surface area contributed by atoms with Gasteiger partial charge in [-0.3, -0.25) is 10.00 Å². The summed E-state index contributed by atoms with van der Waals surface area (Å²) in [4.78, 5) is 24.9. The van der Waals surface area contributed by atoms with Crippen LogP contribution in [0.15, 0.2) is 18.7 Å². The van der Waals surface area contributed by atoms with E-state index in [1.54, 1.807) is 41.2 Å². The molecule has 0 radical (unpaired) electrons. The Morgan fingerprint density at radius 1 is 1.26 bits per heavy atom. The topological polar surface area (TPSA) is 105 Å². The summed E-state index contributed by atoms with van der Waals surface area (Å²) in [6.45, 7) is 13.2. The minimum atomic E-state index is -0.652. The standard InChI is InChI=1S/C24H34N6O4/c1-24(2,3)34-23(31)29-22-18(11-20(32-5)33-6)21(26-15-27-22)17-12-28-30(14-17)19(13-25-4)16-9-7-8-10-16/h12,14-16,19-20H,7-11,13H2,1-3,5-6H3,(H,26,27,29,31)/t19-/m1/s1. The predicted molar refractivity (Wildman–Crippen MR) is 127 cm³/mol. The largest absolute Gasteiger partial charge is 0.444 e. The molecule has 1 N–H and O–H groups in total. The van der Waals surface area contributed by atoms with E-state index in [4.69, 9.17) is 20.8 Å². The molecule has 0 bridgehead atoms. The summed E-state index contributed by atoms with van der Waals surface area (Å²) < 4.78 is 18.1. The molecule has 2 aromatic rings. The Hall–Kier alpha value is -3.03. The van der Waals surface area contributed by atoms with Crippen LogP contribution in [-0.4, -0.2) is 58.5 Å². The van der Waals surface area contributed by atoms with Crippen LogP contribution in [0.25, 0.3) is 16.1 Å². The molecule has 1 aliphatic carbocycles. The number of carbonyl (C=O) groups excluding carboxylic acids is 1. The van der Waals surface area contributed by atoms with Crippen molar-refractivity contribution in [3.63, 3.8) is 0 Å². The summed E-state index contributed by atoms with van der Waals surface area (Å²) in [7, 11) is 3.10. The first-order chi connectivity index (χ1) is 16.3. The van der Waals surface area contributed by atoms with E-state index in [-0.39, 0.29) is 6.04 Å². The van der Waals surface area contributed by atoms with E-state index < -0.39 is 18.0 Å². The lowest BCUT2D eigenvalue weighted by Crippen LogP contribution is -2.28. The first-order valence-corrected chi connectivity index (χ1v) is 11.5. The summed E-state index contributed by atoms with van der Waals surface area (Å²) in [6.07, 6.45) is 8.79. The maximum atomic E-state index is 12.5. The number of nitrogens with zero attached hydrogens (tertiary/aromatic N) is 5. The Morgan fingerprint density at radius 3 is 2.59 bits per heavy atom. The Bertz CT molecular complexity index is 1000. The molecular weight excluding hydrogens is 436 g/mol. The Balaban J connectivity index is 1.97. The fourth-order valence-electron chi connectivity index (χ4n) is 4.32. The number of anilines is 1. The summed E-state index contributed by atoms with van der Waals surface area (Å²) >= 11 is 0. The Labute approximate surface area is 200 Å². The fraction of sp³-hybridized carbons (Fsp3) is 0.625. The van der Waals surface area contributed by atoms with Gasteiger partial charge in [0.2, 0.25) is 6.54 Å². The van der Waals surface area contributed by atoms with Crippen molar-refractivity contribution in [2.45, 2.75) is 70.8 Å². The number of aromatic nitrogens is 4. The van der Waals surface area contributed by atoms with Gasteiger partial charge in [0.15, 0.2) is 6.29 Å². The number of methoxy groups -OCH3 is 2. The van der Waals surface area contributed by atoms with Crippen LogP contribution in [0, 0.1) is 12.5 Å². The van der Waals surface area contributed by atoms with Crippen LogP contribution in [0.5, 0.6) is 0 Å². The molecule has 0 aliphatic heterocycles. The molecular formula is C24H34N6O4. The van der Waals surface area contributed by atoms with Gasteiger partial charge >= 0.3 is 6.09 Å². The van der Waals surface area contributed by atoms with Crippen LogP contribution in [0.1, 0.15) is 58.1 Å². The maximum Gasteiger partial charge on any atom is 0.413 e. The van der Waals surface area contributed by atoms with Gasteiger partial charge < -0.3 is 19.1 Å². The molecule has 2 aromatic heterocycles. The highest BCUT2D eigenvalue weighted by Crippen LogP contribution is 2.35. The number of hydrogen-bond acceptors (Lipinski definition) is 7. The summed E-state index contributed by atoms with van der Waals surface area (Å²) in [5.74, 6) is 0.766. The van der Waals surface area contributed by atoms with Crippen LogP contribution in [0.4, 0.5) is 10.6 Å². The first-order valence-electron chi connectivity index (χ1n) is 11.5. The molecule has 184 valence electrons. The van der Waals surface area contributed by atoms with Gasteiger partial charge in [0.25, 0.3) is 0 Å². The lowest BCUT2D eigenvalue weighted by molar-refractivity contribution is -0.100. The van der Waals surface area contributed by atoms with Gasteiger partial charge in [-0.15, -0.1) is 0 Å². The molecule has 1 amide bonds. The highest BCUT2D eigenvalue weighted by atomic mass is 16.7. The summed E-state index contributed by atoms with van der Waals surface area (Å²) in [5.41, 5.74) is 1.37. The van der Waals surface area contributed by atoms with Crippen molar-refractivity contribution < 1.29 is 19.0 Å². The van der Waals surface area contributed by atoms with E-state index in [1.165, 1.54) is 19.2 Å². The van der Waals surface area contributed by atoms with Gasteiger partial charge in [-0.1, -0.05) is 12.8 Å². The number of amides is 1. The minimum Gasteiger partial charge on any atom is -0.444 e. The third-order valence-corrected chi connectivity index (χ3v) is 5.90. The minimum absolute atomic E-state index is 0.0316. The molecule has 1 atom stereocenters. The Morgan fingerprint density at radius 2 is 1.97 bits per heavy atom. The molecule has 34 heavy (non-hydrogen) atoms. The average Bonchev–Trinajstić information content (AvgIpc) is 3.48. The number of carbonyl (C=O) groups is 1. The average molecular weight is 471 g/mol. The maximum absolute atomic E-state index is 12.5. The second kappa shape index (κ2) is 11.4. The van der Waals surface area contributed by atoms with E-state index in [0.29, 0.717) is 36.0 Å². The lowest BCUT2D eigenvalue weighted by Gasteiger charge is -2.21. The third-order valence-electron chi connectivity index (χ3n) is 5.90. The van der Waals surface area contributed by atoms with Crippen molar-refractivity contribution in [3.8, 4) is 11.3 Å². The zero-order valence-electron chi connectivity index (χ0n) is 20.6. The van der Waals surface area contributed by atoms with Crippen molar-refractivity contribution >= 4 is 11.9 Å². The SMILES string of the molecule is [C-]#[N+]C[C@H](C1CCCC1)n1cc(-c2ncnc(NC(=O)OC(C)(C)C)c2CC(OC)OC)cn1. The molecule has 1 saturated carbocycles. The summed E-state index contributed by atoms with van der Waals surface area (Å²) in [5, 5.41) is 7.33. The van der Waals surface area contributed by atoms with E-state index in [1.807, 2.05) is 10.9 Å². The molecule has 1 aliphatic rings. The van der Waals surface area contributed by atoms with Gasteiger partial charge in [-0.25, -0.2) is 21.3 Å². The second-order valence-corrected chi connectivity index (χ2v) is 9.44. The molecule has 10 heteroatoms. The number of rotatable bonds is 9. The van der Waals surface area contributed by atoms with Gasteiger partial charge in [0, 0.05) is 38.0 Å². The number of ether oxygens (including phenoxy) is 3. The normalized spacial score (nSPS) is 15.3. The highest BCUT2D eigenvalue weighted by Gasteiger charge is 2.30. The number of nitrogens with one attached hydrogen (secondary N) is 1. The molecule has 2 heterocycles. The fourth-order valence-corrected chi connectivity index (χ4v) is 4.32. The molecule has 0 saturated heterocycles. The van der Waals surface area contributed by atoms with E-state index >= 15 is 0 Å². The second-order valence-electron chi connectivity index (χ2n) is 9.44. The van der Waals surface area contributed by atoms with Gasteiger partial charge in [0.05, 0.1) is 11.9 Å². The predicted octanol–water partition coefficient (Wildman–Crippen LogP) is 4.50. The van der Waals surface area contributed by atoms with Crippen LogP contribution in [0.3, 0.4) is 0 Å². The van der Waals surface area contributed by atoms with Crippen molar-refractivity contribution in [2.24, 2.45) is 5.92 Å². The third kappa shape index (κ3) is 6.52. The molecule has 1 fully saturated rings. The molecule has 0 aromatic carbocycles. The summed E-state index contributed by atoms with van der Waals surface area (Å²) in [6, 6.07) is 0.0316. The molecule has 0 unspecified atom stereocenters. The van der Waals surface area contributed by atoms with Gasteiger partial charge in [-0.05, 0) is 39.5 Å². The molecule has 10 nitrogen and oxygen atoms in total. The van der Waals surface area contributed by atoms with E-state index in [0.717, 1.165) is 18.4 Å². The quantitative estimate of drug-likeness (QED) is 0.425. The van der Waals surface area contributed by atoms with Gasteiger partial charge in [0.1, 0.15) is 23.8 Å². The van der Waals surface area contributed by atoms with Crippen LogP contribution < -0.4 is 5.32 Å². The zero-order valence-corrected chi connectivity index (χ0v) is 20.6. The number of hydrogen-bond donors (Lipinski definition) is 1. The van der Waals surface area contributed by atoms with Crippen LogP contribution >= 0.6 is 0 Å². The van der Waals surface area contributed by atoms with Crippen molar-refractivity contribution in [2.75, 3.05) is 26.1 Å². The highest BCUT2D eigenvalue weighted by molar-refractivity contribution is 5.86. The Kier molecular flexibility index (Phi) is 8.58. The lowest BCUT2D eigenvalue weighted by atomic mass is 9.98. The molecule has 3 rings (SSSR count). The van der Waals surface area contributed by atoms with E-state index in [2.05, 4.69) is 25.2 Å². The molecule has 0 spiro atoms. The monoisotopic (exact) mass is 470 g/mol. The van der Waals surface area contributed by atoms with Crippen LogP contribution in [-0.2, 0) is 20.6 Å². The van der Waals surface area contributed by atoms with Crippen molar-refractivity contribution in [1.82, 2.24) is 19.7 Å². The van der Waals surface area contributed by atoms with Crippen LogP contribution in [0.2, 0.25) is 0 Å². The first kappa shape index (κ1) is 25.6. The van der Waals surface area contributed by atoms with Gasteiger partial charge in [-0.2, -0.15) is 5.10 Å². The van der Waals surface area contributed by atoms with Crippen molar-refractivity contribution in [3.05, 3.63) is 35.7 Å². The zero-order chi connectivity index (χ0) is 24.7. The smallest absolute Gasteiger partial charge is 0.413 e.